The van der Waals surface area contributed by atoms with Gasteiger partial charge in [0.1, 0.15) is 11.5 Å². The fraction of sp³-hybridized carbons (Fsp3) is 0.438. The molecule has 2 aromatic rings. The van der Waals surface area contributed by atoms with Gasteiger partial charge in [0.15, 0.2) is 0 Å². The number of hydrogen-bond donors (Lipinski definition) is 1. The van der Waals surface area contributed by atoms with Gasteiger partial charge in [0.05, 0.1) is 25.1 Å². The Kier molecular flexibility index (Phi) is 3.38. The summed E-state index contributed by atoms with van der Waals surface area (Å²) in [7, 11) is 3.28. The van der Waals surface area contributed by atoms with Crippen LogP contribution in [0.1, 0.15) is 37.3 Å². The lowest BCUT2D eigenvalue weighted by Crippen LogP contribution is -2.01. The molecule has 1 heterocycles. The molecular weight excluding hydrogens is 252 g/mol. The van der Waals surface area contributed by atoms with Crippen LogP contribution in [0.2, 0.25) is 0 Å². The lowest BCUT2D eigenvalue weighted by molar-refractivity contribution is 0.398. The lowest BCUT2D eigenvalue weighted by Gasteiger charge is -2.14. The van der Waals surface area contributed by atoms with Gasteiger partial charge in [0, 0.05) is 29.4 Å². The van der Waals surface area contributed by atoms with Crippen LogP contribution in [0.25, 0.3) is 10.9 Å². The first-order chi connectivity index (χ1) is 9.72. The topological polar surface area (TPSA) is 57.4 Å². The molecule has 1 aromatic carbocycles. The molecule has 0 saturated heterocycles. The Labute approximate surface area is 118 Å². The van der Waals surface area contributed by atoms with Crippen LogP contribution < -0.4 is 15.2 Å². The summed E-state index contributed by atoms with van der Waals surface area (Å²) in [5.41, 5.74) is 8.91. The Morgan fingerprint density at radius 1 is 1.10 bits per heavy atom. The second-order valence-electron chi connectivity index (χ2n) is 5.34. The summed E-state index contributed by atoms with van der Waals surface area (Å²) in [6.45, 7) is 0. The molecule has 0 aliphatic heterocycles. The van der Waals surface area contributed by atoms with E-state index >= 15 is 0 Å². The van der Waals surface area contributed by atoms with E-state index in [1.165, 1.54) is 25.7 Å². The highest BCUT2D eigenvalue weighted by molar-refractivity contribution is 5.96. The van der Waals surface area contributed by atoms with Crippen LogP contribution in [0.15, 0.2) is 18.2 Å². The molecule has 4 heteroatoms. The Bertz CT molecular complexity index is 634. The van der Waals surface area contributed by atoms with Crippen LogP contribution in [-0.2, 0) is 0 Å². The van der Waals surface area contributed by atoms with Gasteiger partial charge in [-0.3, -0.25) is 4.98 Å². The third-order valence-electron chi connectivity index (χ3n) is 4.13. The van der Waals surface area contributed by atoms with Crippen LogP contribution in [0.5, 0.6) is 11.5 Å². The van der Waals surface area contributed by atoms with E-state index in [-0.39, 0.29) is 0 Å². The number of rotatable bonds is 3. The summed E-state index contributed by atoms with van der Waals surface area (Å²) in [5.74, 6) is 1.99. The average molecular weight is 272 g/mol. The first-order valence-electron chi connectivity index (χ1n) is 7.05. The zero-order valence-electron chi connectivity index (χ0n) is 12.0. The van der Waals surface area contributed by atoms with Crippen molar-refractivity contribution >= 4 is 16.6 Å². The second-order valence-corrected chi connectivity index (χ2v) is 5.34. The van der Waals surface area contributed by atoms with E-state index < -0.39 is 0 Å². The van der Waals surface area contributed by atoms with Gasteiger partial charge < -0.3 is 15.2 Å². The van der Waals surface area contributed by atoms with E-state index in [4.69, 9.17) is 20.2 Å². The van der Waals surface area contributed by atoms with E-state index in [0.717, 1.165) is 28.0 Å². The summed E-state index contributed by atoms with van der Waals surface area (Å²) in [6.07, 6.45) is 4.98. The zero-order valence-corrected chi connectivity index (χ0v) is 12.0. The van der Waals surface area contributed by atoms with Crippen LogP contribution >= 0.6 is 0 Å². The maximum atomic E-state index is 6.23. The molecular formula is C16H20N2O2. The molecule has 106 valence electrons. The highest BCUT2D eigenvalue weighted by Crippen LogP contribution is 2.39. The molecule has 0 radical (unpaired) electrons. The molecule has 0 bridgehead atoms. The average Bonchev–Trinajstić information content (AvgIpc) is 2.99. The van der Waals surface area contributed by atoms with Crippen molar-refractivity contribution in [1.29, 1.82) is 0 Å². The molecule has 0 unspecified atom stereocenters. The number of hydrogen-bond acceptors (Lipinski definition) is 4. The molecule has 0 atom stereocenters. The Morgan fingerprint density at radius 3 is 2.50 bits per heavy atom. The van der Waals surface area contributed by atoms with Crippen LogP contribution in [-0.4, -0.2) is 19.2 Å². The minimum Gasteiger partial charge on any atom is -0.497 e. The van der Waals surface area contributed by atoms with Crippen LogP contribution in [0.3, 0.4) is 0 Å². The fourth-order valence-corrected chi connectivity index (χ4v) is 3.07. The molecule has 1 aliphatic rings. The fourth-order valence-electron chi connectivity index (χ4n) is 3.07. The van der Waals surface area contributed by atoms with E-state index in [2.05, 4.69) is 0 Å². The van der Waals surface area contributed by atoms with E-state index in [1.54, 1.807) is 14.2 Å². The zero-order chi connectivity index (χ0) is 14.1. The standard InChI is InChI=1S/C16H20N2O2/c1-19-11-7-14-16(15(8-11)20-2)12(17)9-13(18-14)10-5-3-4-6-10/h7-10H,3-6H2,1-2H3,(H2,17,18). The Morgan fingerprint density at radius 2 is 1.85 bits per heavy atom. The minimum atomic E-state index is 0.541. The van der Waals surface area contributed by atoms with Gasteiger partial charge in [-0.05, 0) is 18.9 Å². The Balaban J connectivity index is 2.18. The molecule has 2 N–H and O–H groups in total. The molecule has 1 saturated carbocycles. The van der Waals surface area contributed by atoms with Gasteiger partial charge >= 0.3 is 0 Å². The summed E-state index contributed by atoms with van der Waals surface area (Å²) in [4.78, 5) is 4.80. The van der Waals surface area contributed by atoms with Crippen LogP contribution in [0, 0.1) is 0 Å². The predicted molar refractivity (Wildman–Crippen MR) is 80.5 cm³/mol. The molecule has 20 heavy (non-hydrogen) atoms. The van der Waals surface area contributed by atoms with Gasteiger partial charge in [-0.15, -0.1) is 0 Å². The number of benzene rings is 1. The number of pyridine rings is 1. The Hall–Kier alpha value is -1.97. The van der Waals surface area contributed by atoms with Crippen molar-refractivity contribution in [3.63, 3.8) is 0 Å². The number of ether oxygens (including phenoxy) is 2. The number of nitrogens with zero attached hydrogens (tertiary/aromatic N) is 1. The largest absolute Gasteiger partial charge is 0.497 e. The summed E-state index contributed by atoms with van der Waals surface area (Å²) in [5, 5.41) is 0.870. The SMILES string of the molecule is COc1cc(OC)c2c(N)cc(C3CCCC3)nc2c1. The molecule has 0 spiro atoms. The number of fused-ring (bicyclic) bond motifs is 1. The summed E-state index contributed by atoms with van der Waals surface area (Å²) in [6, 6.07) is 5.77. The number of methoxy groups -OCH3 is 2. The van der Waals surface area contributed by atoms with Crippen molar-refractivity contribution in [3.05, 3.63) is 23.9 Å². The molecule has 0 amide bonds. The highest BCUT2D eigenvalue weighted by atomic mass is 16.5. The summed E-state index contributed by atoms with van der Waals surface area (Å²) >= 11 is 0. The lowest BCUT2D eigenvalue weighted by atomic mass is 10.0. The van der Waals surface area contributed by atoms with Crippen LogP contribution in [0.4, 0.5) is 5.69 Å². The number of nitrogen functional groups attached to an aromatic ring is 1. The number of aromatic nitrogens is 1. The van der Waals surface area contributed by atoms with E-state index in [1.807, 2.05) is 18.2 Å². The molecule has 3 rings (SSSR count). The smallest absolute Gasteiger partial charge is 0.134 e. The first-order valence-corrected chi connectivity index (χ1v) is 7.05. The first kappa shape index (κ1) is 13.0. The normalized spacial score (nSPS) is 15.7. The molecule has 4 nitrogen and oxygen atoms in total. The predicted octanol–water partition coefficient (Wildman–Crippen LogP) is 3.49. The van der Waals surface area contributed by atoms with E-state index in [9.17, 15) is 0 Å². The number of anilines is 1. The van der Waals surface area contributed by atoms with Crippen molar-refractivity contribution in [1.82, 2.24) is 4.98 Å². The number of nitrogens with two attached hydrogens (primary N) is 1. The van der Waals surface area contributed by atoms with Crippen molar-refractivity contribution in [2.45, 2.75) is 31.6 Å². The monoisotopic (exact) mass is 272 g/mol. The van der Waals surface area contributed by atoms with Gasteiger partial charge in [-0.25, -0.2) is 0 Å². The minimum absolute atomic E-state index is 0.541. The van der Waals surface area contributed by atoms with Gasteiger partial charge in [0.25, 0.3) is 0 Å². The molecule has 1 fully saturated rings. The van der Waals surface area contributed by atoms with Crippen molar-refractivity contribution in [2.75, 3.05) is 20.0 Å². The van der Waals surface area contributed by atoms with Crippen molar-refractivity contribution in [3.8, 4) is 11.5 Å². The van der Waals surface area contributed by atoms with E-state index in [0.29, 0.717) is 11.7 Å². The van der Waals surface area contributed by atoms with Crippen molar-refractivity contribution < 1.29 is 9.47 Å². The molecule has 1 aromatic heterocycles. The molecule has 1 aliphatic carbocycles. The maximum Gasteiger partial charge on any atom is 0.134 e. The summed E-state index contributed by atoms with van der Waals surface area (Å²) < 4.78 is 10.7. The quantitative estimate of drug-likeness (QED) is 0.929. The second kappa shape index (κ2) is 5.19. The maximum absolute atomic E-state index is 6.23. The third kappa shape index (κ3) is 2.15. The van der Waals surface area contributed by atoms with Gasteiger partial charge in [-0.2, -0.15) is 0 Å². The highest BCUT2D eigenvalue weighted by Gasteiger charge is 2.20. The van der Waals surface area contributed by atoms with Gasteiger partial charge in [-0.1, -0.05) is 12.8 Å². The van der Waals surface area contributed by atoms with Gasteiger partial charge in [0.2, 0.25) is 0 Å². The van der Waals surface area contributed by atoms with Crippen molar-refractivity contribution in [2.24, 2.45) is 0 Å². The third-order valence-corrected chi connectivity index (χ3v) is 4.13.